The van der Waals surface area contributed by atoms with E-state index in [9.17, 15) is 9.59 Å². The average Bonchev–Trinajstić information content (AvgIpc) is 3.70. The Morgan fingerprint density at radius 1 is 1.02 bits per heavy atom. The van der Waals surface area contributed by atoms with Gasteiger partial charge in [0.2, 0.25) is 0 Å². The molecule has 3 aromatic carbocycles. The van der Waals surface area contributed by atoms with Gasteiger partial charge in [-0.25, -0.2) is 19.2 Å². The Hall–Kier alpha value is -4.77. The highest BCUT2D eigenvalue weighted by Gasteiger charge is 2.34. The van der Waals surface area contributed by atoms with Gasteiger partial charge in [-0.2, -0.15) is 0 Å². The number of nitrogens with zero attached hydrogens (tertiary/aromatic N) is 4. The number of aromatic nitrogens is 3. The number of likely N-dealkylation sites (tertiary alicyclic amines) is 1. The van der Waals surface area contributed by atoms with Crippen LogP contribution in [0.2, 0.25) is 0 Å². The lowest BCUT2D eigenvalue weighted by atomic mass is 10.1. The number of halogens is 1. The van der Waals surface area contributed by atoms with Crippen molar-refractivity contribution in [1.82, 2.24) is 19.4 Å². The summed E-state index contributed by atoms with van der Waals surface area (Å²) in [4.78, 5) is 38.6. The molecule has 2 aromatic heterocycles. The Bertz CT molecular complexity index is 1840. The molecule has 1 aliphatic heterocycles. The zero-order valence-electron chi connectivity index (χ0n) is 23.7. The van der Waals surface area contributed by atoms with Crippen LogP contribution >= 0.6 is 11.3 Å². The third kappa shape index (κ3) is 5.68. The first-order valence-electron chi connectivity index (χ1n) is 13.8. The van der Waals surface area contributed by atoms with Gasteiger partial charge in [-0.05, 0) is 42.7 Å². The summed E-state index contributed by atoms with van der Waals surface area (Å²) in [5.74, 6) is 0.787. The summed E-state index contributed by atoms with van der Waals surface area (Å²) in [7, 11) is 3.09. The monoisotopic (exact) mass is 600 g/mol. The average molecular weight is 601 g/mol. The number of carbonyl (C=O) groups is 1. The number of methoxy groups -OCH3 is 2. The molecule has 9 nitrogen and oxygen atoms in total. The third-order valence-electron chi connectivity index (χ3n) is 7.45. The number of rotatable bonds is 8. The van der Waals surface area contributed by atoms with Crippen LogP contribution in [0.15, 0.2) is 77.6 Å². The van der Waals surface area contributed by atoms with Gasteiger partial charge in [-0.3, -0.25) is 14.3 Å². The Morgan fingerprint density at radius 2 is 1.81 bits per heavy atom. The van der Waals surface area contributed by atoms with Crippen LogP contribution in [-0.4, -0.2) is 46.3 Å². The highest BCUT2D eigenvalue weighted by atomic mass is 32.1. The van der Waals surface area contributed by atoms with Gasteiger partial charge in [-0.15, -0.1) is 0 Å². The van der Waals surface area contributed by atoms with E-state index in [1.165, 1.54) is 29.1 Å². The lowest BCUT2D eigenvalue weighted by molar-refractivity contribution is 0.0920. The van der Waals surface area contributed by atoms with Crippen LogP contribution in [0.3, 0.4) is 0 Å². The van der Waals surface area contributed by atoms with Crippen LogP contribution in [0.5, 0.6) is 11.5 Å². The lowest BCUT2D eigenvalue weighted by Gasteiger charge is -2.22. The zero-order valence-corrected chi connectivity index (χ0v) is 24.5. The zero-order chi connectivity index (χ0) is 29.9. The van der Waals surface area contributed by atoms with E-state index in [2.05, 4.69) is 0 Å². The van der Waals surface area contributed by atoms with Crippen molar-refractivity contribution in [2.24, 2.45) is 0 Å². The summed E-state index contributed by atoms with van der Waals surface area (Å²) in [5, 5.41) is 0.591. The molecule has 0 N–H and O–H groups in total. The van der Waals surface area contributed by atoms with E-state index in [4.69, 9.17) is 24.2 Å². The van der Waals surface area contributed by atoms with Crippen molar-refractivity contribution in [2.75, 3.05) is 20.8 Å². The molecule has 1 aliphatic rings. The van der Waals surface area contributed by atoms with Crippen LogP contribution in [0.4, 0.5) is 9.18 Å². The van der Waals surface area contributed by atoms with Crippen molar-refractivity contribution in [3.8, 4) is 22.9 Å². The molecule has 1 amide bonds. The molecular weight excluding hydrogens is 571 g/mol. The fraction of sp³-hybridized carbons (Fsp3) is 0.250. The van der Waals surface area contributed by atoms with Crippen molar-refractivity contribution < 1.29 is 23.4 Å². The fourth-order valence-corrected chi connectivity index (χ4v) is 6.34. The second-order valence-corrected chi connectivity index (χ2v) is 11.1. The van der Waals surface area contributed by atoms with Crippen molar-refractivity contribution in [1.29, 1.82) is 0 Å². The van der Waals surface area contributed by atoms with Crippen LogP contribution in [-0.2, 0) is 17.9 Å². The van der Waals surface area contributed by atoms with Gasteiger partial charge in [0.05, 0.1) is 32.4 Å². The molecule has 0 spiro atoms. The van der Waals surface area contributed by atoms with Crippen molar-refractivity contribution >= 4 is 27.8 Å². The molecule has 3 heterocycles. The molecule has 1 fully saturated rings. The minimum atomic E-state index is -0.503. The SMILES string of the molecule is COc1ccc(Cn2c(-c3ccccc3F)nc3sc(C4CCCN4C(=O)OCc4ccccc4)nc3c2=O)c(OC)c1. The number of hydrogen-bond donors (Lipinski definition) is 0. The van der Waals surface area contributed by atoms with Gasteiger partial charge < -0.3 is 14.2 Å². The first kappa shape index (κ1) is 28.4. The largest absolute Gasteiger partial charge is 0.497 e. The van der Waals surface area contributed by atoms with E-state index in [0.29, 0.717) is 39.9 Å². The van der Waals surface area contributed by atoms with Gasteiger partial charge in [0.15, 0.2) is 10.3 Å². The number of amides is 1. The highest BCUT2D eigenvalue weighted by molar-refractivity contribution is 7.18. The smallest absolute Gasteiger partial charge is 0.410 e. The number of ether oxygens (including phenoxy) is 3. The second-order valence-electron chi connectivity index (χ2n) is 10.1. The van der Waals surface area contributed by atoms with Crippen molar-refractivity contribution in [2.45, 2.75) is 32.0 Å². The Labute approximate surface area is 251 Å². The Morgan fingerprint density at radius 3 is 2.58 bits per heavy atom. The predicted octanol–water partition coefficient (Wildman–Crippen LogP) is 6.20. The molecule has 0 radical (unpaired) electrons. The first-order valence-corrected chi connectivity index (χ1v) is 14.6. The van der Waals surface area contributed by atoms with Crippen molar-refractivity contribution in [3.63, 3.8) is 0 Å². The van der Waals surface area contributed by atoms with E-state index in [1.807, 2.05) is 30.3 Å². The molecule has 1 atom stereocenters. The summed E-state index contributed by atoms with van der Waals surface area (Å²) < 4.78 is 33.0. The van der Waals surface area contributed by atoms with Gasteiger partial charge in [0.1, 0.15) is 34.8 Å². The lowest BCUT2D eigenvalue weighted by Crippen LogP contribution is -2.31. The molecular formula is C32H29FN4O5S. The van der Waals surface area contributed by atoms with Gasteiger partial charge in [0.25, 0.3) is 5.56 Å². The van der Waals surface area contributed by atoms with Gasteiger partial charge in [0, 0.05) is 18.2 Å². The minimum absolute atomic E-state index is 0.0623. The van der Waals surface area contributed by atoms with Gasteiger partial charge in [-0.1, -0.05) is 53.8 Å². The van der Waals surface area contributed by atoms with Crippen LogP contribution < -0.4 is 15.0 Å². The highest BCUT2D eigenvalue weighted by Crippen LogP contribution is 2.37. The second kappa shape index (κ2) is 12.2. The number of carbonyl (C=O) groups excluding carboxylic acids is 1. The Kier molecular flexibility index (Phi) is 8.06. The molecule has 1 unspecified atom stereocenters. The van der Waals surface area contributed by atoms with E-state index in [-0.39, 0.29) is 36.1 Å². The summed E-state index contributed by atoms with van der Waals surface area (Å²) in [6, 6.07) is 20.6. The number of hydrogen-bond acceptors (Lipinski definition) is 8. The van der Waals surface area contributed by atoms with Crippen LogP contribution in [0, 0.1) is 5.82 Å². The fourth-order valence-electron chi connectivity index (χ4n) is 5.26. The van der Waals surface area contributed by atoms with Crippen LogP contribution in [0.25, 0.3) is 21.7 Å². The minimum Gasteiger partial charge on any atom is -0.497 e. The summed E-state index contributed by atoms with van der Waals surface area (Å²) in [6.45, 7) is 0.742. The van der Waals surface area contributed by atoms with E-state index < -0.39 is 17.5 Å². The van der Waals surface area contributed by atoms with Gasteiger partial charge >= 0.3 is 6.09 Å². The molecule has 6 rings (SSSR count). The quantitative estimate of drug-likeness (QED) is 0.209. The summed E-state index contributed by atoms with van der Waals surface area (Å²) >= 11 is 1.24. The number of fused-ring (bicyclic) bond motifs is 1. The molecule has 1 saturated heterocycles. The molecule has 0 bridgehead atoms. The maximum atomic E-state index is 15.1. The summed E-state index contributed by atoms with van der Waals surface area (Å²) in [5.41, 5.74) is 1.51. The number of benzene rings is 3. The standard InChI is InChI=1S/C32H29FN4O5S/c1-40-22-15-14-21(26(17-22)41-2)18-37-28(23-11-6-7-12-24(23)33)35-30-27(31(37)38)34-29(43-30)25-13-8-16-36(25)32(39)42-19-20-9-4-3-5-10-20/h3-7,9-12,14-15,17,25H,8,13,16,18-19H2,1-2H3. The molecule has 43 heavy (non-hydrogen) atoms. The number of thiazole rings is 1. The normalized spacial score (nSPS) is 14.7. The molecule has 11 heteroatoms. The van der Waals surface area contributed by atoms with Crippen molar-refractivity contribution in [3.05, 3.63) is 105 Å². The third-order valence-corrected chi connectivity index (χ3v) is 8.50. The first-order chi connectivity index (χ1) is 21.0. The summed E-state index contributed by atoms with van der Waals surface area (Å²) in [6.07, 6.45) is 1.02. The predicted molar refractivity (Wildman–Crippen MR) is 161 cm³/mol. The maximum Gasteiger partial charge on any atom is 0.410 e. The molecule has 5 aromatic rings. The van der Waals surface area contributed by atoms with E-state index in [0.717, 1.165) is 12.0 Å². The molecule has 0 saturated carbocycles. The van der Waals surface area contributed by atoms with E-state index >= 15 is 4.39 Å². The Balaban J connectivity index is 1.39. The van der Waals surface area contributed by atoms with Crippen LogP contribution in [0.1, 0.15) is 35.0 Å². The maximum absolute atomic E-state index is 15.1. The molecule has 220 valence electrons. The topological polar surface area (TPSA) is 95.8 Å². The molecule has 0 aliphatic carbocycles. The van der Waals surface area contributed by atoms with E-state index in [1.54, 1.807) is 48.4 Å².